The third-order valence-corrected chi connectivity index (χ3v) is 4.46. The van der Waals surface area contributed by atoms with E-state index in [4.69, 9.17) is 10.5 Å². The number of thiophene rings is 1. The van der Waals surface area contributed by atoms with Gasteiger partial charge in [0.15, 0.2) is 0 Å². The highest BCUT2D eigenvalue weighted by molar-refractivity contribution is 7.12. The van der Waals surface area contributed by atoms with E-state index in [2.05, 4.69) is 31.0 Å². The van der Waals surface area contributed by atoms with Gasteiger partial charge in [-0.05, 0) is 25.6 Å². The molecule has 4 heteroatoms. The predicted molar refractivity (Wildman–Crippen MR) is 67.9 cm³/mol. The Morgan fingerprint density at radius 3 is 3.00 bits per heavy atom. The van der Waals surface area contributed by atoms with Gasteiger partial charge in [-0.15, -0.1) is 11.3 Å². The van der Waals surface area contributed by atoms with Crippen molar-refractivity contribution in [3.63, 3.8) is 0 Å². The van der Waals surface area contributed by atoms with Crippen LogP contribution in [0.3, 0.4) is 0 Å². The fraction of sp³-hybridized carbons (Fsp3) is 0.667. The predicted octanol–water partition coefficient (Wildman–Crippen LogP) is 1.64. The summed E-state index contributed by atoms with van der Waals surface area (Å²) >= 11 is 1.89. The van der Waals surface area contributed by atoms with Gasteiger partial charge in [-0.25, -0.2) is 0 Å². The van der Waals surface area contributed by atoms with Crippen LogP contribution in [-0.4, -0.2) is 37.7 Å². The summed E-state index contributed by atoms with van der Waals surface area (Å²) in [5.74, 6) is 0. The minimum atomic E-state index is 0.141. The normalized spacial score (nSPS) is 27.2. The van der Waals surface area contributed by atoms with E-state index >= 15 is 0 Å². The first-order chi connectivity index (χ1) is 7.76. The molecule has 0 radical (unpaired) electrons. The largest absolute Gasteiger partial charge is 0.374 e. The van der Waals surface area contributed by atoms with E-state index in [9.17, 15) is 0 Å². The third-order valence-electron chi connectivity index (χ3n) is 3.16. The first kappa shape index (κ1) is 12.0. The highest BCUT2D eigenvalue weighted by Crippen LogP contribution is 2.32. The van der Waals surface area contributed by atoms with Crippen molar-refractivity contribution >= 4 is 11.3 Å². The van der Waals surface area contributed by atoms with Gasteiger partial charge in [-0.2, -0.15) is 0 Å². The topological polar surface area (TPSA) is 38.5 Å². The molecule has 2 rings (SSSR count). The van der Waals surface area contributed by atoms with E-state index in [1.165, 1.54) is 9.75 Å². The number of ether oxygens (including phenoxy) is 1. The van der Waals surface area contributed by atoms with E-state index in [0.29, 0.717) is 12.6 Å². The molecular weight excluding hydrogens is 220 g/mol. The Morgan fingerprint density at radius 2 is 2.38 bits per heavy atom. The van der Waals surface area contributed by atoms with Gasteiger partial charge in [-0.3, -0.25) is 4.90 Å². The molecule has 0 bridgehead atoms. The quantitative estimate of drug-likeness (QED) is 0.873. The molecular formula is C12H20N2OS. The lowest BCUT2D eigenvalue weighted by Gasteiger charge is -2.38. The summed E-state index contributed by atoms with van der Waals surface area (Å²) in [6, 6.07) is 4.78. The zero-order valence-corrected chi connectivity index (χ0v) is 10.8. The van der Waals surface area contributed by atoms with Crippen molar-refractivity contribution < 1.29 is 4.74 Å². The molecule has 1 saturated heterocycles. The van der Waals surface area contributed by atoms with Crippen LogP contribution in [0, 0.1) is 0 Å². The molecule has 90 valence electrons. The number of nitrogens with two attached hydrogens (primary N) is 1. The smallest absolute Gasteiger partial charge is 0.0902 e. The monoisotopic (exact) mass is 240 g/mol. The summed E-state index contributed by atoms with van der Waals surface area (Å²) in [4.78, 5) is 5.17. The zero-order valence-electron chi connectivity index (χ0n) is 9.98. The van der Waals surface area contributed by atoms with E-state index in [0.717, 1.165) is 19.6 Å². The molecule has 0 spiro atoms. The van der Waals surface area contributed by atoms with Crippen LogP contribution in [0.25, 0.3) is 0 Å². The van der Waals surface area contributed by atoms with E-state index in [-0.39, 0.29) is 6.10 Å². The summed E-state index contributed by atoms with van der Waals surface area (Å²) in [5.41, 5.74) is 5.79. The summed E-state index contributed by atoms with van der Waals surface area (Å²) in [7, 11) is 2.15. The maximum atomic E-state index is 5.79. The standard InChI is InChI=1S/C12H20N2OS/c1-3-9-4-5-11(16-9)12-10(8-13)15-7-6-14(12)2/h4-5,10,12H,3,6-8,13H2,1-2H3. The Kier molecular flexibility index (Phi) is 3.97. The molecule has 1 aliphatic rings. The van der Waals surface area contributed by atoms with Crippen molar-refractivity contribution in [2.24, 2.45) is 5.73 Å². The summed E-state index contributed by atoms with van der Waals surface area (Å²) in [5, 5.41) is 0. The molecule has 2 N–H and O–H groups in total. The molecule has 1 aromatic heterocycles. The van der Waals surface area contributed by atoms with Crippen LogP contribution in [0.2, 0.25) is 0 Å². The Morgan fingerprint density at radius 1 is 1.56 bits per heavy atom. The first-order valence-electron chi connectivity index (χ1n) is 5.86. The fourth-order valence-electron chi connectivity index (χ4n) is 2.20. The van der Waals surface area contributed by atoms with Crippen LogP contribution in [0.1, 0.15) is 22.7 Å². The Bertz CT molecular complexity index is 340. The molecule has 0 saturated carbocycles. The van der Waals surface area contributed by atoms with Gasteiger partial charge in [0.05, 0.1) is 18.8 Å². The zero-order chi connectivity index (χ0) is 11.5. The van der Waals surface area contributed by atoms with Crippen LogP contribution in [0.4, 0.5) is 0 Å². The lowest BCUT2D eigenvalue weighted by atomic mass is 10.1. The third kappa shape index (κ3) is 2.30. The van der Waals surface area contributed by atoms with Gasteiger partial charge < -0.3 is 10.5 Å². The highest BCUT2D eigenvalue weighted by Gasteiger charge is 2.31. The van der Waals surface area contributed by atoms with E-state index < -0.39 is 0 Å². The van der Waals surface area contributed by atoms with Crippen molar-refractivity contribution in [2.75, 3.05) is 26.7 Å². The second kappa shape index (κ2) is 5.27. The second-order valence-electron chi connectivity index (χ2n) is 4.23. The van der Waals surface area contributed by atoms with Gasteiger partial charge in [-0.1, -0.05) is 6.92 Å². The van der Waals surface area contributed by atoms with Gasteiger partial charge >= 0.3 is 0 Å². The molecule has 0 amide bonds. The van der Waals surface area contributed by atoms with Crippen LogP contribution in [0.5, 0.6) is 0 Å². The molecule has 2 unspecified atom stereocenters. The number of likely N-dealkylation sites (N-methyl/N-ethyl adjacent to an activating group) is 1. The summed E-state index contributed by atoms with van der Waals surface area (Å²) in [6.45, 7) is 4.56. The summed E-state index contributed by atoms with van der Waals surface area (Å²) < 4.78 is 5.75. The SMILES string of the molecule is CCc1ccc(C2C(CN)OCCN2C)s1. The fourth-order valence-corrected chi connectivity index (χ4v) is 3.37. The molecule has 2 heterocycles. The molecule has 0 aromatic carbocycles. The number of rotatable bonds is 3. The highest BCUT2D eigenvalue weighted by atomic mass is 32.1. The lowest BCUT2D eigenvalue weighted by molar-refractivity contribution is -0.0564. The van der Waals surface area contributed by atoms with Crippen LogP contribution < -0.4 is 5.73 Å². The van der Waals surface area contributed by atoms with Crippen molar-refractivity contribution in [3.05, 3.63) is 21.9 Å². The number of hydrogen-bond acceptors (Lipinski definition) is 4. The Balaban J connectivity index is 2.20. The molecule has 1 aliphatic heterocycles. The molecule has 1 aromatic rings. The molecule has 2 atom stereocenters. The maximum Gasteiger partial charge on any atom is 0.0902 e. The van der Waals surface area contributed by atoms with Crippen molar-refractivity contribution in [2.45, 2.75) is 25.5 Å². The minimum Gasteiger partial charge on any atom is -0.374 e. The average molecular weight is 240 g/mol. The van der Waals surface area contributed by atoms with Crippen LogP contribution in [0.15, 0.2) is 12.1 Å². The van der Waals surface area contributed by atoms with Crippen molar-refractivity contribution in [1.82, 2.24) is 4.90 Å². The molecule has 1 fully saturated rings. The van der Waals surface area contributed by atoms with Crippen molar-refractivity contribution in [3.8, 4) is 0 Å². The van der Waals surface area contributed by atoms with Gasteiger partial charge in [0.2, 0.25) is 0 Å². The molecule has 0 aliphatic carbocycles. The number of aryl methyl sites for hydroxylation is 1. The van der Waals surface area contributed by atoms with Crippen molar-refractivity contribution in [1.29, 1.82) is 0 Å². The van der Waals surface area contributed by atoms with Gasteiger partial charge in [0.25, 0.3) is 0 Å². The number of nitrogens with zero attached hydrogens (tertiary/aromatic N) is 1. The Labute approximate surface area is 101 Å². The Hall–Kier alpha value is -0.420. The number of morpholine rings is 1. The summed E-state index contributed by atoms with van der Waals surface area (Å²) in [6.07, 6.45) is 1.25. The van der Waals surface area contributed by atoms with Gasteiger partial charge in [0, 0.05) is 22.8 Å². The average Bonchev–Trinajstić information content (AvgIpc) is 2.76. The van der Waals surface area contributed by atoms with Crippen LogP contribution >= 0.6 is 11.3 Å². The van der Waals surface area contributed by atoms with Crippen LogP contribution in [-0.2, 0) is 11.2 Å². The van der Waals surface area contributed by atoms with E-state index in [1.807, 2.05) is 11.3 Å². The van der Waals surface area contributed by atoms with E-state index in [1.54, 1.807) is 0 Å². The first-order valence-corrected chi connectivity index (χ1v) is 6.68. The maximum absolute atomic E-state index is 5.79. The minimum absolute atomic E-state index is 0.141. The number of hydrogen-bond donors (Lipinski definition) is 1. The second-order valence-corrected chi connectivity index (χ2v) is 5.43. The lowest BCUT2D eigenvalue weighted by Crippen LogP contribution is -2.46. The molecule has 3 nitrogen and oxygen atoms in total. The van der Waals surface area contributed by atoms with Gasteiger partial charge in [0.1, 0.15) is 0 Å². The molecule has 16 heavy (non-hydrogen) atoms.